The summed E-state index contributed by atoms with van der Waals surface area (Å²) >= 11 is 1.15. The highest BCUT2D eigenvalue weighted by molar-refractivity contribution is 7.99. The van der Waals surface area contributed by atoms with Crippen LogP contribution in [-0.4, -0.2) is 40.1 Å². The molecule has 1 heterocycles. The molecular weight excluding hydrogens is 357 g/mol. The lowest BCUT2D eigenvalue weighted by Gasteiger charge is -2.10. The number of carbonyl (C=O) groups excluding carboxylic acids is 1. The number of hydrogen-bond acceptors (Lipinski definition) is 5. The average Bonchev–Trinajstić information content (AvgIpc) is 2.90. The molecule has 0 saturated carbocycles. The van der Waals surface area contributed by atoms with Crippen LogP contribution in [0.15, 0.2) is 29.4 Å². The molecule has 25 heavy (non-hydrogen) atoms. The predicted octanol–water partition coefficient (Wildman–Crippen LogP) is 2.98. The Bertz CT molecular complexity index is 734. The smallest absolute Gasteiger partial charge is 0.383 e. The number of aryl methyl sites for hydroxylation is 1. The van der Waals surface area contributed by atoms with Gasteiger partial charge in [0.25, 0.3) is 0 Å². The van der Waals surface area contributed by atoms with E-state index in [1.54, 1.807) is 14.0 Å². The zero-order valence-corrected chi connectivity index (χ0v) is 14.4. The summed E-state index contributed by atoms with van der Waals surface area (Å²) in [5, 5.41) is 10.9. The van der Waals surface area contributed by atoms with Crippen molar-refractivity contribution in [3.05, 3.63) is 35.7 Å². The summed E-state index contributed by atoms with van der Waals surface area (Å²) < 4.78 is 44.9. The molecule has 0 aliphatic rings. The van der Waals surface area contributed by atoms with Gasteiger partial charge in [-0.25, -0.2) is 0 Å². The van der Waals surface area contributed by atoms with E-state index in [-0.39, 0.29) is 11.4 Å². The maximum absolute atomic E-state index is 12.7. The van der Waals surface area contributed by atoms with Crippen molar-refractivity contribution in [3.8, 4) is 0 Å². The lowest BCUT2D eigenvalue weighted by molar-refractivity contribution is -0.137. The number of carbonyl (C=O) groups is 1. The number of anilines is 1. The Kier molecular flexibility index (Phi) is 6.43. The topological polar surface area (TPSA) is 69.0 Å². The van der Waals surface area contributed by atoms with Gasteiger partial charge in [-0.15, -0.1) is 10.2 Å². The number of alkyl halides is 3. The van der Waals surface area contributed by atoms with Crippen molar-refractivity contribution in [2.75, 3.05) is 24.8 Å². The van der Waals surface area contributed by atoms with Crippen molar-refractivity contribution in [1.82, 2.24) is 14.8 Å². The van der Waals surface area contributed by atoms with Gasteiger partial charge in [0.05, 0.1) is 17.9 Å². The normalized spacial score (nSPS) is 11.6. The molecule has 1 amide bonds. The third-order valence-electron chi connectivity index (χ3n) is 3.23. The van der Waals surface area contributed by atoms with E-state index < -0.39 is 17.6 Å². The zero-order chi connectivity index (χ0) is 18.4. The molecule has 0 radical (unpaired) electrons. The fourth-order valence-corrected chi connectivity index (χ4v) is 2.82. The molecule has 2 aromatic rings. The second kappa shape index (κ2) is 8.34. The quantitative estimate of drug-likeness (QED) is 0.755. The number of nitrogens with zero attached hydrogens (tertiary/aromatic N) is 3. The molecule has 10 heteroatoms. The molecule has 0 bridgehead atoms. The van der Waals surface area contributed by atoms with Gasteiger partial charge in [0, 0.05) is 19.3 Å². The number of benzene rings is 1. The van der Waals surface area contributed by atoms with Crippen LogP contribution in [0, 0.1) is 6.92 Å². The van der Waals surface area contributed by atoms with E-state index in [1.165, 1.54) is 12.1 Å². The van der Waals surface area contributed by atoms with E-state index >= 15 is 0 Å². The van der Waals surface area contributed by atoms with Crippen LogP contribution in [0.3, 0.4) is 0 Å². The molecule has 0 fully saturated rings. The number of halogens is 3. The van der Waals surface area contributed by atoms with E-state index in [2.05, 4.69) is 15.5 Å². The summed E-state index contributed by atoms with van der Waals surface area (Å²) in [5.41, 5.74) is -0.717. The Morgan fingerprint density at radius 1 is 1.36 bits per heavy atom. The van der Waals surface area contributed by atoms with Crippen molar-refractivity contribution in [2.24, 2.45) is 0 Å². The molecule has 0 saturated heterocycles. The van der Waals surface area contributed by atoms with Gasteiger partial charge in [0.2, 0.25) is 5.91 Å². The molecule has 0 spiro atoms. The third-order valence-corrected chi connectivity index (χ3v) is 4.19. The minimum Gasteiger partial charge on any atom is -0.383 e. The Labute approximate surface area is 146 Å². The van der Waals surface area contributed by atoms with E-state index in [4.69, 9.17) is 4.74 Å². The first-order chi connectivity index (χ1) is 11.8. The monoisotopic (exact) mass is 374 g/mol. The Morgan fingerprint density at radius 3 is 2.80 bits per heavy atom. The average molecular weight is 374 g/mol. The maximum atomic E-state index is 12.7. The van der Waals surface area contributed by atoms with Crippen LogP contribution < -0.4 is 5.32 Å². The Morgan fingerprint density at radius 2 is 2.12 bits per heavy atom. The summed E-state index contributed by atoms with van der Waals surface area (Å²) in [7, 11) is 1.58. The number of rotatable bonds is 7. The Hall–Kier alpha value is -2.07. The zero-order valence-electron chi connectivity index (χ0n) is 13.6. The molecule has 0 atom stereocenters. The number of thioether (sulfide) groups is 1. The lowest BCUT2D eigenvalue weighted by Crippen LogP contribution is -2.16. The summed E-state index contributed by atoms with van der Waals surface area (Å²) in [6.07, 6.45) is -4.45. The van der Waals surface area contributed by atoms with Gasteiger partial charge in [-0.3, -0.25) is 4.79 Å². The molecule has 2 rings (SSSR count). The highest BCUT2D eigenvalue weighted by Crippen LogP contribution is 2.30. The predicted molar refractivity (Wildman–Crippen MR) is 87.4 cm³/mol. The fourth-order valence-electron chi connectivity index (χ4n) is 2.01. The van der Waals surface area contributed by atoms with Crippen molar-refractivity contribution >= 4 is 23.4 Å². The van der Waals surface area contributed by atoms with Crippen molar-refractivity contribution in [2.45, 2.75) is 24.8 Å². The van der Waals surface area contributed by atoms with Gasteiger partial charge in [-0.1, -0.05) is 17.8 Å². The molecule has 1 N–H and O–H groups in total. The summed E-state index contributed by atoms with van der Waals surface area (Å²) in [4.78, 5) is 12.0. The van der Waals surface area contributed by atoms with E-state index in [9.17, 15) is 18.0 Å². The largest absolute Gasteiger partial charge is 0.416 e. The molecule has 1 aromatic heterocycles. The van der Waals surface area contributed by atoms with E-state index in [0.717, 1.165) is 23.9 Å². The standard InChI is InChI=1S/C15H17F3N4O2S/c1-10-20-21-14(22(10)6-7-24-2)25-9-13(23)19-12-5-3-4-11(8-12)15(16,17)18/h3-5,8H,6-7,9H2,1-2H3,(H,19,23). The van der Waals surface area contributed by atoms with Crippen LogP contribution in [0.1, 0.15) is 11.4 Å². The van der Waals surface area contributed by atoms with Crippen LogP contribution in [0.5, 0.6) is 0 Å². The second-order valence-electron chi connectivity index (χ2n) is 5.09. The number of hydrogen-bond donors (Lipinski definition) is 1. The maximum Gasteiger partial charge on any atom is 0.416 e. The van der Waals surface area contributed by atoms with Gasteiger partial charge in [-0.2, -0.15) is 13.2 Å². The molecule has 0 aliphatic heterocycles. The van der Waals surface area contributed by atoms with Crippen LogP contribution in [-0.2, 0) is 22.3 Å². The number of aromatic nitrogens is 3. The van der Waals surface area contributed by atoms with Gasteiger partial charge < -0.3 is 14.6 Å². The summed E-state index contributed by atoms with van der Waals surface area (Å²) in [6, 6.07) is 4.50. The molecule has 0 unspecified atom stereocenters. The van der Waals surface area contributed by atoms with Crippen LogP contribution in [0.25, 0.3) is 0 Å². The minimum absolute atomic E-state index is 0.00135. The summed E-state index contributed by atoms with van der Waals surface area (Å²) in [5.74, 6) is 0.266. The van der Waals surface area contributed by atoms with Crippen LogP contribution >= 0.6 is 11.8 Å². The van der Waals surface area contributed by atoms with Crippen LogP contribution in [0.4, 0.5) is 18.9 Å². The van der Waals surface area contributed by atoms with Gasteiger partial charge >= 0.3 is 6.18 Å². The number of amides is 1. The first-order valence-electron chi connectivity index (χ1n) is 7.30. The Balaban J connectivity index is 1.96. The van der Waals surface area contributed by atoms with Gasteiger partial charge in [-0.05, 0) is 25.1 Å². The van der Waals surface area contributed by atoms with Gasteiger partial charge in [0.1, 0.15) is 5.82 Å². The fraction of sp³-hybridized carbons (Fsp3) is 0.400. The number of nitrogens with one attached hydrogen (secondary N) is 1. The molecule has 136 valence electrons. The highest BCUT2D eigenvalue weighted by Gasteiger charge is 2.30. The first kappa shape index (κ1) is 19.3. The minimum atomic E-state index is -4.45. The molecule has 0 aliphatic carbocycles. The lowest BCUT2D eigenvalue weighted by atomic mass is 10.2. The number of ether oxygens (including phenoxy) is 1. The SMILES string of the molecule is COCCn1c(C)nnc1SCC(=O)Nc1cccc(C(F)(F)F)c1. The van der Waals surface area contributed by atoms with Crippen molar-refractivity contribution < 1.29 is 22.7 Å². The van der Waals surface area contributed by atoms with Crippen molar-refractivity contribution in [1.29, 1.82) is 0 Å². The van der Waals surface area contributed by atoms with E-state index in [1.807, 2.05) is 4.57 Å². The summed E-state index contributed by atoms with van der Waals surface area (Å²) in [6.45, 7) is 2.81. The second-order valence-corrected chi connectivity index (χ2v) is 6.03. The van der Waals surface area contributed by atoms with E-state index in [0.29, 0.717) is 24.1 Å². The molecule has 6 nitrogen and oxygen atoms in total. The first-order valence-corrected chi connectivity index (χ1v) is 8.28. The molecular formula is C15H17F3N4O2S. The number of methoxy groups -OCH3 is 1. The highest BCUT2D eigenvalue weighted by atomic mass is 32.2. The van der Waals surface area contributed by atoms with Crippen LogP contribution in [0.2, 0.25) is 0 Å². The van der Waals surface area contributed by atoms with Crippen molar-refractivity contribution in [3.63, 3.8) is 0 Å². The third kappa shape index (κ3) is 5.46. The molecule has 1 aromatic carbocycles. The van der Waals surface area contributed by atoms with Gasteiger partial charge in [0.15, 0.2) is 5.16 Å².